The summed E-state index contributed by atoms with van der Waals surface area (Å²) in [6.07, 6.45) is 0.529. The highest BCUT2D eigenvalue weighted by Crippen LogP contribution is 2.12. The monoisotopic (exact) mass is 459 g/mol. The lowest BCUT2D eigenvalue weighted by Crippen LogP contribution is -2.49. The van der Waals surface area contributed by atoms with Crippen molar-refractivity contribution in [1.82, 2.24) is 14.5 Å². The van der Waals surface area contributed by atoms with E-state index in [0.29, 0.717) is 19.5 Å². The van der Waals surface area contributed by atoms with Gasteiger partial charge in [-0.3, -0.25) is 14.5 Å². The maximum absolute atomic E-state index is 12.4. The number of esters is 1. The van der Waals surface area contributed by atoms with Crippen LogP contribution in [0.4, 0.5) is 0 Å². The van der Waals surface area contributed by atoms with E-state index in [1.54, 1.807) is 17.0 Å². The van der Waals surface area contributed by atoms with E-state index in [4.69, 9.17) is 4.74 Å². The predicted molar refractivity (Wildman–Crippen MR) is 120 cm³/mol. The highest BCUT2D eigenvalue weighted by Gasteiger charge is 2.22. The molecule has 0 spiro atoms. The molecule has 0 saturated carbocycles. The molecular weight excluding hydrogens is 430 g/mol. The number of piperazine rings is 1. The Kier molecular flexibility index (Phi) is 8.38. The fourth-order valence-corrected chi connectivity index (χ4v) is 4.23. The molecule has 32 heavy (non-hydrogen) atoms. The lowest BCUT2D eigenvalue weighted by Gasteiger charge is -2.34. The van der Waals surface area contributed by atoms with Crippen molar-refractivity contribution in [2.45, 2.75) is 24.3 Å². The Morgan fingerprint density at radius 1 is 0.938 bits per heavy atom. The van der Waals surface area contributed by atoms with E-state index in [2.05, 4.69) is 21.8 Å². The Hall–Kier alpha value is -2.75. The molecule has 1 amide bonds. The number of benzene rings is 2. The molecule has 1 heterocycles. The topological polar surface area (TPSA) is 96.0 Å². The van der Waals surface area contributed by atoms with Gasteiger partial charge >= 0.3 is 5.97 Å². The Balaban J connectivity index is 1.35. The predicted octanol–water partition coefficient (Wildman–Crippen LogP) is 1.41. The quantitative estimate of drug-likeness (QED) is 0.570. The summed E-state index contributed by atoms with van der Waals surface area (Å²) in [5.74, 6) is -0.632. The minimum atomic E-state index is -3.48. The second kappa shape index (κ2) is 11.2. The van der Waals surface area contributed by atoms with Crippen LogP contribution in [0.25, 0.3) is 0 Å². The second-order valence-corrected chi connectivity index (χ2v) is 9.54. The zero-order valence-corrected chi connectivity index (χ0v) is 19.0. The number of carbonyl (C=O) groups is 2. The van der Waals surface area contributed by atoms with Gasteiger partial charge in [-0.05, 0) is 36.7 Å². The molecule has 0 atom stereocenters. The summed E-state index contributed by atoms with van der Waals surface area (Å²) in [6.45, 7) is 3.41. The third kappa shape index (κ3) is 6.88. The molecule has 2 aromatic rings. The molecule has 3 rings (SSSR count). The third-order valence-corrected chi connectivity index (χ3v) is 6.88. The van der Waals surface area contributed by atoms with Crippen molar-refractivity contribution in [2.24, 2.45) is 0 Å². The first kappa shape index (κ1) is 23.9. The average molecular weight is 460 g/mol. The summed E-state index contributed by atoms with van der Waals surface area (Å²) in [4.78, 5) is 28.6. The SMILES string of the molecule is CNS(=O)(=O)c1ccc(CCC(=O)OCC(=O)N2CCN(Cc3ccccc3)CC2)cc1. The van der Waals surface area contributed by atoms with E-state index in [1.807, 2.05) is 18.2 Å². The van der Waals surface area contributed by atoms with Gasteiger partial charge in [-0.25, -0.2) is 13.1 Å². The molecule has 9 heteroatoms. The van der Waals surface area contributed by atoms with Crippen molar-refractivity contribution in [2.75, 3.05) is 39.8 Å². The molecule has 1 N–H and O–H groups in total. The third-order valence-electron chi connectivity index (χ3n) is 5.45. The molecule has 1 fully saturated rings. The maximum Gasteiger partial charge on any atom is 0.306 e. The number of hydrogen-bond donors (Lipinski definition) is 1. The first-order valence-corrected chi connectivity index (χ1v) is 12.1. The van der Waals surface area contributed by atoms with E-state index >= 15 is 0 Å². The van der Waals surface area contributed by atoms with Gasteiger partial charge in [-0.1, -0.05) is 42.5 Å². The van der Waals surface area contributed by atoms with Crippen LogP contribution in [0.3, 0.4) is 0 Å². The van der Waals surface area contributed by atoms with Crippen molar-refractivity contribution in [1.29, 1.82) is 0 Å². The summed E-state index contributed by atoms with van der Waals surface area (Å²) in [6, 6.07) is 16.5. The van der Waals surface area contributed by atoms with E-state index in [1.165, 1.54) is 24.7 Å². The van der Waals surface area contributed by atoms with Crippen LogP contribution in [0.2, 0.25) is 0 Å². The number of nitrogens with one attached hydrogen (secondary N) is 1. The Morgan fingerprint density at radius 3 is 2.22 bits per heavy atom. The van der Waals surface area contributed by atoms with E-state index in [0.717, 1.165) is 25.2 Å². The maximum atomic E-state index is 12.4. The number of sulfonamides is 1. The van der Waals surface area contributed by atoms with Crippen LogP contribution in [0.5, 0.6) is 0 Å². The van der Waals surface area contributed by atoms with Crippen LogP contribution >= 0.6 is 0 Å². The molecular formula is C23H29N3O5S. The lowest BCUT2D eigenvalue weighted by atomic mass is 10.1. The van der Waals surface area contributed by atoms with Gasteiger partial charge in [0.05, 0.1) is 4.90 Å². The Labute approximate surface area is 189 Å². The van der Waals surface area contributed by atoms with Crippen LogP contribution in [-0.4, -0.2) is 69.9 Å². The van der Waals surface area contributed by atoms with Gasteiger partial charge in [-0.2, -0.15) is 0 Å². The number of carbonyl (C=O) groups excluding carboxylic acids is 2. The minimum Gasteiger partial charge on any atom is -0.456 e. The summed E-state index contributed by atoms with van der Waals surface area (Å²) >= 11 is 0. The first-order chi connectivity index (χ1) is 15.4. The van der Waals surface area contributed by atoms with Crippen LogP contribution in [0, 0.1) is 0 Å². The summed E-state index contributed by atoms with van der Waals surface area (Å²) in [7, 11) is -2.13. The van der Waals surface area contributed by atoms with Gasteiger partial charge in [-0.15, -0.1) is 0 Å². The lowest BCUT2D eigenvalue weighted by molar-refractivity contribution is -0.152. The molecule has 1 aliphatic rings. The Bertz CT molecular complexity index is 1000. The van der Waals surface area contributed by atoms with E-state index in [-0.39, 0.29) is 23.8 Å². The van der Waals surface area contributed by atoms with E-state index < -0.39 is 16.0 Å². The normalized spacial score (nSPS) is 14.8. The van der Waals surface area contributed by atoms with Gasteiger partial charge in [0.25, 0.3) is 5.91 Å². The van der Waals surface area contributed by atoms with Gasteiger partial charge in [0.1, 0.15) is 0 Å². The first-order valence-electron chi connectivity index (χ1n) is 10.6. The van der Waals surface area contributed by atoms with Gasteiger partial charge < -0.3 is 9.64 Å². The second-order valence-electron chi connectivity index (χ2n) is 7.65. The molecule has 8 nitrogen and oxygen atoms in total. The van der Waals surface area contributed by atoms with Crippen LogP contribution < -0.4 is 4.72 Å². The fraction of sp³-hybridized carbons (Fsp3) is 0.391. The highest BCUT2D eigenvalue weighted by molar-refractivity contribution is 7.89. The zero-order chi connectivity index (χ0) is 23.0. The van der Waals surface area contributed by atoms with Crippen molar-refractivity contribution >= 4 is 21.9 Å². The summed E-state index contributed by atoms with van der Waals surface area (Å²) < 4.78 is 30.9. The Morgan fingerprint density at radius 2 is 1.59 bits per heavy atom. The van der Waals surface area contributed by atoms with Crippen molar-refractivity contribution in [3.05, 3.63) is 65.7 Å². The van der Waals surface area contributed by atoms with Crippen LogP contribution in [0.15, 0.2) is 59.5 Å². The smallest absolute Gasteiger partial charge is 0.306 e. The molecule has 0 bridgehead atoms. The van der Waals surface area contributed by atoms with Gasteiger partial charge in [0.15, 0.2) is 6.61 Å². The number of nitrogens with zero attached hydrogens (tertiary/aromatic N) is 2. The van der Waals surface area contributed by atoms with Gasteiger partial charge in [0.2, 0.25) is 10.0 Å². The molecule has 0 unspecified atom stereocenters. The van der Waals surface area contributed by atoms with Crippen LogP contribution in [0.1, 0.15) is 17.5 Å². The standard InChI is InChI=1S/C23H29N3O5S/c1-24-32(29,30)21-10-7-19(8-11-21)9-12-23(28)31-18-22(27)26-15-13-25(14-16-26)17-20-5-3-2-4-6-20/h2-8,10-11,24H,9,12-18H2,1H3. The highest BCUT2D eigenvalue weighted by atomic mass is 32.2. The van der Waals surface area contributed by atoms with E-state index in [9.17, 15) is 18.0 Å². The molecule has 0 aliphatic carbocycles. The number of ether oxygens (including phenoxy) is 1. The van der Waals surface area contributed by atoms with Crippen molar-refractivity contribution in [3.63, 3.8) is 0 Å². The zero-order valence-electron chi connectivity index (χ0n) is 18.2. The van der Waals surface area contributed by atoms with Gasteiger partial charge in [0, 0.05) is 39.1 Å². The van der Waals surface area contributed by atoms with Crippen molar-refractivity contribution in [3.8, 4) is 0 Å². The summed E-state index contributed by atoms with van der Waals surface area (Å²) in [5.41, 5.74) is 2.07. The number of rotatable bonds is 9. The molecule has 0 aromatic heterocycles. The molecule has 0 radical (unpaired) electrons. The van der Waals surface area contributed by atoms with Crippen LogP contribution in [-0.2, 0) is 37.3 Å². The molecule has 1 saturated heterocycles. The number of hydrogen-bond acceptors (Lipinski definition) is 6. The largest absolute Gasteiger partial charge is 0.456 e. The molecule has 2 aromatic carbocycles. The summed E-state index contributed by atoms with van der Waals surface area (Å²) in [5, 5.41) is 0. The molecule has 172 valence electrons. The minimum absolute atomic E-state index is 0.121. The average Bonchev–Trinajstić information content (AvgIpc) is 2.82. The van der Waals surface area contributed by atoms with Crippen molar-refractivity contribution < 1.29 is 22.7 Å². The number of amides is 1. The molecule has 1 aliphatic heterocycles. The fourth-order valence-electron chi connectivity index (χ4n) is 3.50. The number of aryl methyl sites for hydroxylation is 1.